The molecule has 0 amide bonds. The zero-order chi connectivity index (χ0) is 51.9. The van der Waals surface area contributed by atoms with Crippen LogP contribution in [0.3, 0.4) is 0 Å². The second-order valence-electron chi connectivity index (χ2n) is 21.4. The summed E-state index contributed by atoms with van der Waals surface area (Å²) in [6, 6.07) is 103. The van der Waals surface area contributed by atoms with Gasteiger partial charge in [-0.15, -0.1) is 0 Å². The lowest BCUT2D eigenvalue weighted by molar-refractivity contribution is 0.660. The number of para-hydroxylation sites is 2. The summed E-state index contributed by atoms with van der Waals surface area (Å²) >= 11 is 0. The number of H-pyrrole nitrogens is 1. The summed E-state index contributed by atoms with van der Waals surface area (Å²) in [5, 5.41) is 4.84. The summed E-state index contributed by atoms with van der Waals surface area (Å²) < 4.78 is 2.39. The van der Waals surface area contributed by atoms with Crippen LogP contribution in [-0.2, 0) is 5.41 Å². The summed E-state index contributed by atoms with van der Waals surface area (Å²) in [4.78, 5) is 6.54. The summed E-state index contributed by atoms with van der Waals surface area (Å²) in [5.74, 6) is 0. The fourth-order valence-electron chi connectivity index (χ4n) is 12.7. The van der Waals surface area contributed by atoms with Crippen molar-refractivity contribution in [2.45, 2.75) is 19.3 Å². The van der Waals surface area contributed by atoms with Crippen LogP contribution in [0.2, 0.25) is 0 Å². The van der Waals surface area contributed by atoms with Gasteiger partial charge in [-0.3, -0.25) is 0 Å². The van der Waals surface area contributed by atoms with Gasteiger partial charge in [0.05, 0.1) is 22.1 Å². The quantitative estimate of drug-likeness (QED) is 0.153. The molecule has 15 rings (SSSR count). The maximum absolute atomic E-state index is 4.12. The highest BCUT2D eigenvalue weighted by Crippen LogP contribution is 2.51. The first-order chi connectivity index (χ1) is 38.4. The summed E-state index contributed by atoms with van der Waals surface area (Å²) in [7, 11) is 0. The molecule has 0 bridgehead atoms. The molecule has 0 spiro atoms. The van der Waals surface area contributed by atoms with Gasteiger partial charge in [0.1, 0.15) is 0 Å². The molecule has 3 heteroatoms. The monoisotopic (exact) mass is 995 g/mol. The number of anilines is 3. The highest BCUT2D eigenvalue weighted by Gasteiger charge is 2.36. The Kier molecular flexibility index (Phi) is 10.6. The minimum atomic E-state index is -0.138. The number of hydrogen-bond donors (Lipinski definition) is 1. The largest absolute Gasteiger partial charge is 0.353 e. The lowest BCUT2D eigenvalue weighted by atomic mass is 9.82. The normalized spacial score (nSPS) is 12.6. The molecule has 1 aliphatic carbocycles. The minimum absolute atomic E-state index is 0.138. The van der Waals surface area contributed by atoms with Crippen LogP contribution in [0, 0.1) is 0 Å². The molecule has 3 nitrogen and oxygen atoms in total. The van der Waals surface area contributed by atoms with E-state index in [1.54, 1.807) is 0 Å². The molecule has 2 heterocycles. The molecular weight excluding hydrogens is 943 g/mol. The van der Waals surface area contributed by atoms with E-state index in [1.807, 2.05) is 0 Å². The maximum atomic E-state index is 4.12. The highest BCUT2D eigenvalue weighted by atomic mass is 15.1. The number of aromatic nitrogens is 2. The molecule has 368 valence electrons. The minimum Gasteiger partial charge on any atom is -0.353 e. The lowest BCUT2D eigenvalue weighted by Gasteiger charge is -2.28. The van der Waals surface area contributed by atoms with E-state index >= 15 is 0 Å². The Balaban J connectivity index is 0.914. The van der Waals surface area contributed by atoms with Crippen LogP contribution in [0.15, 0.2) is 279 Å². The second kappa shape index (κ2) is 18.1. The van der Waals surface area contributed by atoms with Crippen LogP contribution in [-0.4, -0.2) is 9.55 Å². The first-order valence-corrected chi connectivity index (χ1v) is 27.1. The van der Waals surface area contributed by atoms with Gasteiger partial charge in [-0.25, -0.2) is 0 Å². The van der Waals surface area contributed by atoms with Crippen LogP contribution >= 0.6 is 0 Å². The average Bonchev–Trinajstić information content (AvgIpc) is 4.34. The molecule has 78 heavy (non-hydrogen) atoms. The zero-order valence-electron chi connectivity index (χ0n) is 43.5. The van der Waals surface area contributed by atoms with E-state index in [1.165, 1.54) is 88.2 Å². The second-order valence-corrected chi connectivity index (χ2v) is 21.4. The predicted octanol–water partition coefficient (Wildman–Crippen LogP) is 20.5. The number of nitrogens with one attached hydrogen (secondary N) is 1. The standard InChI is InChI=1S/C75H53N3/c1-75(2)69-29-17-15-27-61(69)62-41-40-60(48-70(62)75)77(58-36-31-52(32-37-58)49-19-7-3-8-20-49)59-38-33-53(34-39-59)64-44-55(50-21-9-4-10-22-50)46-67-68-47-56(51-23-11-5-12-24-51)45-65(74(68)76-73(64)67)54-35-42-72-66(43-54)63-28-16-18-30-71(63)78(72)57-25-13-6-14-26-57/h3-48,76H,1-2H3. The molecule has 12 aromatic carbocycles. The first-order valence-electron chi connectivity index (χ1n) is 27.1. The van der Waals surface area contributed by atoms with E-state index in [-0.39, 0.29) is 5.41 Å². The summed E-state index contributed by atoms with van der Waals surface area (Å²) in [5.41, 5.74) is 26.0. The predicted molar refractivity (Wildman–Crippen MR) is 330 cm³/mol. The molecule has 1 N–H and O–H groups in total. The van der Waals surface area contributed by atoms with Gasteiger partial charge in [-0.05, 0) is 158 Å². The van der Waals surface area contributed by atoms with Crippen molar-refractivity contribution in [2.24, 2.45) is 0 Å². The Bertz CT molecular complexity index is 4590. The smallest absolute Gasteiger partial charge is 0.0545 e. The van der Waals surface area contributed by atoms with Gasteiger partial charge >= 0.3 is 0 Å². The number of hydrogen-bond acceptors (Lipinski definition) is 1. The molecule has 0 aliphatic heterocycles. The molecule has 0 radical (unpaired) electrons. The van der Waals surface area contributed by atoms with Crippen molar-refractivity contribution in [1.82, 2.24) is 9.55 Å². The first kappa shape index (κ1) is 45.4. The molecule has 0 unspecified atom stereocenters. The number of fused-ring (bicyclic) bond motifs is 9. The van der Waals surface area contributed by atoms with Crippen molar-refractivity contribution >= 4 is 60.7 Å². The molecule has 1 aliphatic rings. The molecule has 0 saturated carbocycles. The van der Waals surface area contributed by atoms with Crippen molar-refractivity contribution in [2.75, 3.05) is 4.90 Å². The third kappa shape index (κ3) is 7.42. The van der Waals surface area contributed by atoms with Crippen molar-refractivity contribution in [3.05, 3.63) is 290 Å². The van der Waals surface area contributed by atoms with E-state index in [0.29, 0.717) is 0 Å². The van der Waals surface area contributed by atoms with Gasteiger partial charge < -0.3 is 14.5 Å². The van der Waals surface area contributed by atoms with Crippen molar-refractivity contribution in [1.29, 1.82) is 0 Å². The van der Waals surface area contributed by atoms with Crippen molar-refractivity contribution in [3.63, 3.8) is 0 Å². The van der Waals surface area contributed by atoms with Crippen LogP contribution in [0.4, 0.5) is 17.1 Å². The Labute approximate surface area is 454 Å². The molecule has 0 fully saturated rings. The van der Waals surface area contributed by atoms with Gasteiger partial charge in [0, 0.05) is 60.8 Å². The van der Waals surface area contributed by atoms with E-state index in [4.69, 9.17) is 0 Å². The number of rotatable bonds is 9. The Morgan fingerprint density at radius 1 is 0.295 bits per heavy atom. The number of benzene rings is 12. The molecule has 0 saturated heterocycles. The summed E-state index contributed by atoms with van der Waals surface area (Å²) in [6.45, 7) is 4.72. The Morgan fingerprint density at radius 3 is 1.37 bits per heavy atom. The maximum Gasteiger partial charge on any atom is 0.0545 e. The van der Waals surface area contributed by atoms with Crippen molar-refractivity contribution in [3.8, 4) is 72.4 Å². The fraction of sp³-hybridized carbons (Fsp3) is 0.0400. The van der Waals surface area contributed by atoms with E-state index in [2.05, 4.69) is 307 Å². The van der Waals surface area contributed by atoms with Gasteiger partial charge in [0.2, 0.25) is 0 Å². The van der Waals surface area contributed by atoms with Gasteiger partial charge in [-0.2, -0.15) is 0 Å². The third-order valence-corrected chi connectivity index (χ3v) is 16.5. The molecule has 14 aromatic rings. The molecule has 2 aromatic heterocycles. The number of nitrogens with zero attached hydrogens (tertiary/aromatic N) is 2. The van der Waals surface area contributed by atoms with Crippen LogP contribution in [0.1, 0.15) is 25.0 Å². The van der Waals surface area contributed by atoms with Gasteiger partial charge in [0.25, 0.3) is 0 Å². The van der Waals surface area contributed by atoms with Crippen LogP contribution in [0.25, 0.3) is 116 Å². The lowest BCUT2D eigenvalue weighted by Crippen LogP contribution is -2.16. The third-order valence-electron chi connectivity index (χ3n) is 16.5. The highest BCUT2D eigenvalue weighted by molar-refractivity contribution is 6.19. The van der Waals surface area contributed by atoms with Crippen molar-refractivity contribution < 1.29 is 0 Å². The van der Waals surface area contributed by atoms with E-state index < -0.39 is 0 Å². The van der Waals surface area contributed by atoms with E-state index in [0.717, 1.165) is 56.0 Å². The van der Waals surface area contributed by atoms with Gasteiger partial charge in [-0.1, -0.05) is 202 Å². The van der Waals surface area contributed by atoms with E-state index in [9.17, 15) is 0 Å². The zero-order valence-corrected chi connectivity index (χ0v) is 43.5. The molecule has 0 atom stereocenters. The Morgan fingerprint density at radius 2 is 0.744 bits per heavy atom. The summed E-state index contributed by atoms with van der Waals surface area (Å²) in [6.07, 6.45) is 0. The average molecular weight is 996 g/mol. The fourth-order valence-corrected chi connectivity index (χ4v) is 12.7. The van der Waals surface area contributed by atoms with Crippen LogP contribution in [0.5, 0.6) is 0 Å². The molecular formula is C75H53N3. The SMILES string of the molecule is CC1(C)c2ccccc2-c2ccc(N(c3ccc(-c4ccccc4)cc3)c3ccc(-c4cc(-c5ccccc5)cc5c4[nH]c4c(-c6ccc7c(c6)c6ccccc6n7-c6ccccc6)cc(-c6ccccc6)cc45)cc3)cc21. The Hall–Kier alpha value is -9.96. The number of aromatic amines is 1. The van der Waals surface area contributed by atoms with Crippen LogP contribution < -0.4 is 4.90 Å². The van der Waals surface area contributed by atoms with Gasteiger partial charge in [0.15, 0.2) is 0 Å². The topological polar surface area (TPSA) is 24.0 Å².